The maximum absolute atomic E-state index is 9.55. The van der Waals surface area contributed by atoms with Gasteiger partial charge in [0.15, 0.2) is 0 Å². The molecule has 33 heavy (non-hydrogen) atoms. The Kier molecular flexibility index (Phi) is 7.17. The third kappa shape index (κ3) is 5.13. The van der Waals surface area contributed by atoms with Gasteiger partial charge in [0, 0.05) is 40.9 Å². The number of halogens is 1. The summed E-state index contributed by atoms with van der Waals surface area (Å²) in [5.41, 5.74) is 1.52. The summed E-state index contributed by atoms with van der Waals surface area (Å²) in [6.45, 7) is 0. The van der Waals surface area contributed by atoms with E-state index in [9.17, 15) is 9.59 Å². The van der Waals surface area contributed by atoms with Gasteiger partial charge in [-0.2, -0.15) is 0 Å². The fourth-order valence-electron chi connectivity index (χ4n) is 5.39. The van der Waals surface area contributed by atoms with Gasteiger partial charge in [0.2, 0.25) is 0 Å². The number of fused-ring (bicyclic) bond motifs is 3. The van der Waals surface area contributed by atoms with Gasteiger partial charge in [-0.15, -0.1) is 11.3 Å². The Morgan fingerprint density at radius 1 is 1.00 bits per heavy atom. The van der Waals surface area contributed by atoms with Crippen LogP contribution in [0.2, 0.25) is 4.34 Å². The van der Waals surface area contributed by atoms with Crippen molar-refractivity contribution in [1.82, 2.24) is 4.90 Å². The molecule has 3 heterocycles. The van der Waals surface area contributed by atoms with E-state index in [-0.39, 0.29) is 0 Å². The number of carbonyl (C=O) groups is 2. The van der Waals surface area contributed by atoms with E-state index in [4.69, 9.17) is 21.8 Å². The summed E-state index contributed by atoms with van der Waals surface area (Å²) in [4.78, 5) is 23.2. The molecule has 2 saturated heterocycles. The monoisotopic (exact) mass is 483 g/mol. The summed E-state index contributed by atoms with van der Waals surface area (Å²) in [5, 5.41) is 18.4. The molecule has 2 N–H and O–H groups in total. The molecule has 2 aliphatic heterocycles. The zero-order valence-corrected chi connectivity index (χ0v) is 19.8. The van der Waals surface area contributed by atoms with Crippen LogP contribution < -0.4 is 0 Å². The smallest absolute Gasteiger partial charge is 0.328 e. The van der Waals surface area contributed by atoms with Crippen molar-refractivity contribution in [3.8, 4) is 0 Å². The molecule has 0 saturated carbocycles. The summed E-state index contributed by atoms with van der Waals surface area (Å²) in [6, 6.07) is 21.4. The first kappa shape index (κ1) is 23.5. The molecule has 1 aromatic heterocycles. The van der Waals surface area contributed by atoms with E-state index in [1.807, 2.05) is 0 Å². The van der Waals surface area contributed by atoms with E-state index in [1.165, 1.54) is 40.5 Å². The largest absolute Gasteiger partial charge is 0.478 e. The average Bonchev–Trinajstić information content (AvgIpc) is 3.32. The lowest BCUT2D eigenvalue weighted by atomic mass is 9.74. The van der Waals surface area contributed by atoms with Gasteiger partial charge >= 0.3 is 11.9 Å². The number of hydrogen-bond acceptors (Lipinski definition) is 4. The van der Waals surface area contributed by atoms with Gasteiger partial charge in [-0.1, -0.05) is 54.1 Å². The van der Waals surface area contributed by atoms with Crippen LogP contribution in [0.5, 0.6) is 0 Å². The molecule has 7 heteroatoms. The minimum Gasteiger partial charge on any atom is -0.478 e. The van der Waals surface area contributed by atoms with E-state index in [2.05, 4.69) is 66.5 Å². The normalized spacial score (nSPS) is 24.5. The SMILES string of the molecule is CN1C2CCC1[C@@H](c1cccc3ccccc13)[C@@H](c1ccc(Cl)s1)C2.O=C(O)/C=C/C(=O)O. The van der Waals surface area contributed by atoms with E-state index in [0.717, 1.165) is 10.4 Å². The molecule has 2 unspecified atom stereocenters. The predicted molar refractivity (Wildman–Crippen MR) is 132 cm³/mol. The Hall–Kier alpha value is -2.67. The molecule has 5 rings (SSSR count). The Labute approximate surface area is 201 Å². The second-order valence-corrected chi connectivity index (χ2v) is 10.3. The average molecular weight is 484 g/mol. The number of carboxylic acid groups (broad SMARTS) is 2. The highest BCUT2D eigenvalue weighted by molar-refractivity contribution is 7.16. The Balaban J connectivity index is 0.000000281. The number of thiophene rings is 1. The lowest BCUT2D eigenvalue weighted by Gasteiger charge is -2.43. The topological polar surface area (TPSA) is 77.8 Å². The third-order valence-electron chi connectivity index (χ3n) is 6.78. The molecule has 3 aromatic rings. The van der Waals surface area contributed by atoms with Crippen LogP contribution in [0.4, 0.5) is 0 Å². The maximum atomic E-state index is 9.55. The predicted octanol–water partition coefficient (Wildman–Crippen LogP) is 6.00. The number of hydrogen-bond donors (Lipinski definition) is 2. The third-order valence-corrected chi connectivity index (χ3v) is 8.14. The first-order chi connectivity index (χ1) is 15.8. The summed E-state index contributed by atoms with van der Waals surface area (Å²) >= 11 is 8.07. The van der Waals surface area contributed by atoms with E-state index in [0.29, 0.717) is 30.0 Å². The summed E-state index contributed by atoms with van der Waals surface area (Å²) in [5.74, 6) is -1.39. The molecular weight excluding hydrogens is 458 g/mol. The highest BCUT2D eigenvalue weighted by Crippen LogP contribution is 2.53. The highest BCUT2D eigenvalue weighted by atomic mass is 35.5. The molecule has 2 aliphatic rings. The zero-order valence-electron chi connectivity index (χ0n) is 18.2. The summed E-state index contributed by atoms with van der Waals surface area (Å²) in [7, 11) is 2.33. The van der Waals surface area contributed by atoms with Gasteiger partial charge in [0.05, 0.1) is 4.34 Å². The summed E-state index contributed by atoms with van der Waals surface area (Å²) in [6.07, 6.45) is 5.01. The first-order valence-corrected chi connectivity index (χ1v) is 12.1. The number of benzene rings is 2. The molecule has 5 nitrogen and oxygen atoms in total. The Morgan fingerprint density at radius 2 is 1.70 bits per heavy atom. The molecule has 2 bridgehead atoms. The van der Waals surface area contributed by atoms with Crippen LogP contribution >= 0.6 is 22.9 Å². The van der Waals surface area contributed by atoms with E-state index >= 15 is 0 Å². The van der Waals surface area contributed by atoms with Crippen molar-refractivity contribution in [2.75, 3.05) is 7.05 Å². The van der Waals surface area contributed by atoms with Gasteiger partial charge in [0.25, 0.3) is 0 Å². The molecule has 0 aliphatic carbocycles. The Bertz CT molecular complexity index is 1170. The van der Waals surface area contributed by atoms with Crippen LogP contribution in [0.25, 0.3) is 10.8 Å². The fraction of sp³-hybridized carbons (Fsp3) is 0.308. The molecule has 4 atom stereocenters. The number of aliphatic carboxylic acids is 2. The van der Waals surface area contributed by atoms with E-state index < -0.39 is 11.9 Å². The molecule has 0 radical (unpaired) electrons. The first-order valence-electron chi connectivity index (χ1n) is 10.9. The van der Waals surface area contributed by atoms with Crippen molar-refractivity contribution >= 4 is 45.6 Å². The van der Waals surface area contributed by atoms with Crippen LogP contribution in [0.15, 0.2) is 66.7 Å². The molecular formula is C26H26ClNO4S. The molecule has 0 spiro atoms. The second-order valence-electron chi connectivity index (χ2n) is 8.55. The van der Waals surface area contributed by atoms with Crippen molar-refractivity contribution in [2.45, 2.75) is 43.2 Å². The maximum Gasteiger partial charge on any atom is 0.328 e. The highest BCUT2D eigenvalue weighted by Gasteiger charge is 2.47. The lowest BCUT2D eigenvalue weighted by molar-refractivity contribution is -0.134. The van der Waals surface area contributed by atoms with Crippen molar-refractivity contribution < 1.29 is 19.8 Å². The standard InChI is InChI=1S/C22H22ClNS.C4H4O4/c1-24-15-9-10-19(24)22(18(13-15)20-11-12-21(23)25-20)17-8-4-6-14-5-2-3-7-16(14)17;5-3(6)1-2-4(7)8/h2-8,11-12,15,18-19,22H,9-10,13H2,1H3;1-2H,(H,5,6)(H,7,8)/b;2-1+/t15?,18-,19?,22+;/m1./s1. The van der Waals surface area contributed by atoms with Gasteiger partial charge in [-0.25, -0.2) is 9.59 Å². The van der Waals surface area contributed by atoms with Crippen molar-refractivity contribution in [2.24, 2.45) is 0 Å². The number of carboxylic acids is 2. The van der Waals surface area contributed by atoms with Crippen molar-refractivity contribution in [1.29, 1.82) is 0 Å². The molecule has 2 aromatic carbocycles. The number of piperidine rings is 1. The van der Waals surface area contributed by atoms with Gasteiger partial charge in [-0.05, 0) is 54.8 Å². The minimum atomic E-state index is -1.26. The number of nitrogens with zero attached hydrogens (tertiary/aromatic N) is 1. The van der Waals surface area contributed by atoms with Crippen LogP contribution in [0.3, 0.4) is 0 Å². The fourth-order valence-corrected chi connectivity index (χ4v) is 6.62. The molecule has 172 valence electrons. The van der Waals surface area contributed by atoms with Crippen molar-refractivity contribution in [3.05, 3.63) is 81.5 Å². The van der Waals surface area contributed by atoms with Crippen LogP contribution in [0, 0.1) is 0 Å². The van der Waals surface area contributed by atoms with Crippen LogP contribution in [-0.2, 0) is 9.59 Å². The second kappa shape index (κ2) is 10.1. The lowest BCUT2D eigenvalue weighted by Crippen LogP contribution is -2.44. The van der Waals surface area contributed by atoms with Crippen LogP contribution in [0.1, 0.15) is 41.5 Å². The molecule has 0 amide bonds. The van der Waals surface area contributed by atoms with Crippen LogP contribution in [-0.4, -0.2) is 46.2 Å². The van der Waals surface area contributed by atoms with Gasteiger partial charge in [0.1, 0.15) is 0 Å². The summed E-state index contributed by atoms with van der Waals surface area (Å²) < 4.78 is 0.915. The van der Waals surface area contributed by atoms with E-state index in [1.54, 1.807) is 11.3 Å². The zero-order chi connectivity index (χ0) is 23.5. The van der Waals surface area contributed by atoms with Gasteiger partial charge < -0.3 is 10.2 Å². The number of likely N-dealkylation sites (N-methyl/N-ethyl adjacent to an activating group) is 1. The van der Waals surface area contributed by atoms with Crippen molar-refractivity contribution in [3.63, 3.8) is 0 Å². The minimum absolute atomic E-state index is 0.546. The molecule has 2 fully saturated rings. The number of rotatable bonds is 4. The Morgan fingerprint density at radius 3 is 2.36 bits per heavy atom. The quantitative estimate of drug-likeness (QED) is 0.445. The van der Waals surface area contributed by atoms with Gasteiger partial charge in [-0.3, -0.25) is 4.90 Å².